The number of nitrogens with two attached hydrogens (primary N) is 1. The number of hydrogen-bond acceptors (Lipinski definition) is 4. The van der Waals surface area contributed by atoms with Crippen LogP contribution in [0.2, 0.25) is 0 Å². The average Bonchev–Trinajstić information content (AvgIpc) is 2.53. The Kier molecular flexibility index (Phi) is 3.70. The van der Waals surface area contributed by atoms with E-state index in [1.807, 2.05) is 0 Å². The van der Waals surface area contributed by atoms with Crippen LogP contribution in [0.3, 0.4) is 0 Å². The van der Waals surface area contributed by atoms with E-state index in [0.29, 0.717) is 25.2 Å². The number of hydrogen-bond donors (Lipinski definition) is 2. The number of amides is 1. The van der Waals surface area contributed by atoms with Gasteiger partial charge in [-0.15, -0.1) is 0 Å². The quantitative estimate of drug-likeness (QED) is 0.649. The predicted octanol–water partition coefficient (Wildman–Crippen LogP) is -0.297. The lowest BCUT2D eigenvalue weighted by Crippen LogP contribution is -2.63. The molecular weight excluding hydrogens is 218 g/mol. The normalized spacial score (nSPS) is 37.3. The maximum absolute atomic E-state index is 11.8. The molecule has 5 heteroatoms. The maximum Gasteiger partial charge on any atom is 0.237 e. The summed E-state index contributed by atoms with van der Waals surface area (Å²) in [6.45, 7) is 1.29. The highest BCUT2D eigenvalue weighted by molar-refractivity contribution is 5.85. The molecule has 0 spiro atoms. The van der Waals surface area contributed by atoms with E-state index >= 15 is 0 Å². The molecule has 98 valence electrons. The Balaban J connectivity index is 2.06. The first-order chi connectivity index (χ1) is 8.09. The van der Waals surface area contributed by atoms with Gasteiger partial charge in [0, 0.05) is 25.7 Å². The molecule has 0 aromatic rings. The Morgan fingerprint density at radius 3 is 2.53 bits per heavy atom. The first kappa shape index (κ1) is 12.8. The number of primary amides is 1. The predicted molar refractivity (Wildman–Crippen MR) is 65.6 cm³/mol. The molecule has 0 aromatic heterocycles. The summed E-state index contributed by atoms with van der Waals surface area (Å²) in [5.41, 5.74) is 5.10. The third-order valence-electron chi connectivity index (χ3n) is 4.39. The number of nitrogens with zero attached hydrogens (tertiary/aromatic N) is 1. The van der Waals surface area contributed by atoms with Crippen LogP contribution < -0.4 is 11.1 Å². The van der Waals surface area contributed by atoms with E-state index < -0.39 is 5.54 Å². The van der Waals surface area contributed by atoms with Crippen LogP contribution in [0.5, 0.6) is 0 Å². The largest absolute Gasteiger partial charge is 0.383 e. The van der Waals surface area contributed by atoms with Crippen molar-refractivity contribution in [1.29, 1.82) is 0 Å². The molecule has 2 heterocycles. The monoisotopic (exact) mass is 241 g/mol. The molecule has 2 aliphatic heterocycles. The van der Waals surface area contributed by atoms with Crippen molar-refractivity contribution >= 4 is 5.91 Å². The van der Waals surface area contributed by atoms with Crippen LogP contribution in [0.25, 0.3) is 0 Å². The van der Waals surface area contributed by atoms with E-state index in [-0.39, 0.29) is 5.91 Å². The van der Waals surface area contributed by atoms with Gasteiger partial charge in [0.1, 0.15) is 5.54 Å². The second-order valence-corrected chi connectivity index (χ2v) is 5.32. The number of rotatable bonds is 5. The van der Waals surface area contributed by atoms with E-state index in [1.54, 1.807) is 7.11 Å². The van der Waals surface area contributed by atoms with Crippen molar-refractivity contribution in [3.05, 3.63) is 0 Å². The van der Waals surface area contributed by atoms with Crippen molar-refractivity contribution in [2.24, 2.45) is 5.73 Å². The topological polar surface area (TPSA) is 67.6 Å². The Morgan fingerprint density at radius 2 is 2.06 bits per heavy atom. The molecule has 17 heavy (non-hydrogen) atoms. The minimum absolute atomic E-state index is 0.210. The van der Waals surface area contributed by atoms with Gasteiger partial charge in [-0.25, -0.2) is 0 Å². The first-order valence-electron chi connectivity index (χ1n) is 6.35. The van der Waals surface area contributed by atoms with Gasteiger partial charge in [0.2, 0.25) is 5.91 Å². The summed E-state index contributed by atoms with van der Waals surface area (Å²) in [5.74, 6) is -0.210. The van der Waals surface area contributed by atoms with E-state index in [1.165, 1.54) is 12.8 Å². The van der Waals surface area contributed by atoms with Gasteiger partial charge in [0.25, 0.3) is 0 Å². The standard InChI is InChI=1S/C12H23N3O2/c1-15-9-3-4-10(15)8-12(7-9,11(13)16)14-5-6-17-2/h9-10,14H,3-8H2,1-2H3,(H2,13,16). The molecule has 1 amide bonds. The molecule has 3 N–H and O–H groups in total. The van der Waals surface area contributed by atoms with Gasteiger partial charge in [-0.3, -0.25) is 4.79 Å². The van der Waals surface area contributed by atoms with Crippen LogP contribution in [0.15, 0.2) is 0 Å². The zero-order valence-electron chi connectivity index (χ0n) is 10.7. The Bertz CT molecular complexity index is 281. The lowest BCUT2D eigenvalue weighted by Gasteiger charge is -2.44. The van der Waals surface area contributed by atoms with Crippen molar-refractivity contribution in [2.45, 2.75) is 43.3 Å². The SMILES string of the molecule is COCCNC1(C(N)=O)CC2CCC(C1)N2C. The van der Waals surface area contributed by atoms with Gasteiger partial charge in [0.05, 0.1) is 6.61 Å². The molecule has 0 saturated carbocycles. The Morgan fingerprint density at radius 1 is 1.47 bits per heavy atom. The molecular formula is C12H23N3O2. The van der Waals surface area contributed by atoms with Crippen LogP contribution >= 0.6 is 0 Å². The summed E-state index contributed by atoms with van der Waals surface area (Å²) in [6, 6.07) is 0.993. The number of nitrogens with one attached hydrogen (secondary N) is 1. The Hall–Kier alpha value is -0.650. The lowest BCUT2D eigenvalue weighted by atomic mass is 9.82. The van der Waals surface area contributed by atoms with E-state index in [9.17, 15) is 4.79 Å². The Labute approximate surface area is 103 Å². The second-order valence-electron chi connectivity index (χ2n) is 5.32. The molecule has 2 fully saturated rings. The number of methoxy groups -OCH3 is 1. The zero-order valence-corrected chi connectivity index (χ0v) is 10.7. The molecule has 2 saturated heterocycles. The van der Waals surface area contributed by atoms with Gasteiger partial charge in [0.15, 0.2) is 0 Å². The number of fused-ring (bicyclic) bond motifs is 2. The molecule has 5 nitrogen and oxygen atoms in total. The summed E-state index contributed by atoms with van der Waals surface area (Å²) >= 11 is 0. The molecule has 2 atom stereocenters. The fraction of sp³-hybridized carbons (Fsp3) is 0.917. The van der Waals surface area contributed by atoms with Crippen LogP contribution in [0, 0.1) is 0 Å². The third kappa shape index (κ3) is 2.32. The van der Waals surface area contributed by atoms with Crippen molar-refractivity contribution < 1.29 is 9.53 Å². The highest BCUT2D eigenvalue weighted by Crippen LogP contribution is 2.39. The molecule has 0 radical (unpaired) electrons. The smallest absolute Gasteiger partial charge is 0.237 e. The van der Waals surface area contributed by atoms with Gasteiger partial charge >= 0.3 is 0 Å². The van der Waals surface area contributed by atoms with Crippen LogP contribution in [0.4, 0.5) is 0 Å². The molecule has 0 aromatic carbocycles. The van der Waals surface area contributed by atoms with Crippen LogP contribution in [0.1, 0.15) is 25.7 Å². The van der Waals surface area contributed by atoms with E-state index in [0.717, 1.165) is 12.8 Å². The van der Waals surface area contributed by atoms with Gasteiger partial charge in [-0.2, -0.15) is 0 Å². The summed E-state index contributed by atoms with van der Waals surface area (Å²) in [7, 11) is 3.82. The van der Waals surface area contributed by atoms with E-state index in [2.05, 4.69) is 17.3 Å². The fourth-order valence-electron chi connectivity index (χ4n) is 3.30. The lowest BCUT2D eigenvalue weighted by molar-refractivity contribution is -0.127. The van der Waals surface area contributed by atoms with E-state index in [4.69, 9.17) is 10.5 Å². The van der Waals surface area contributed by atoms with Gasteiger partial charge in [-0.1, -0.05) is 0 Å². The zero-order chi connectivity index (χ0) is 12.5. The third-order valence-corrected chi connectivity index (χ3v) is 4.39. The van der Waals surface area contributed by atoms with Crippen LogP contribution in [-0.4, -0.2) is 55.7 Å². The number of ether oxygens (including phenoxy) is 1. The average molecular weight is 241 g/mol. The van der Waals surface area contributed by atoms with Gasteiger partial charge in [-0.05, 0) is 32.7 Å². The molecule has 2 aliphatic rings. The summed E-state index contributed by atoms with van der Waals surface area (Å²) in [6.07, 6.45) is 4.03. The fourth-order valence-corrected chi connectivity index (χ4v) is 3.30. The summed E-state index contributed by atoms with van der Waals surface area (Å²) in [5, 5.41) is 3.33. The summed E-state index contributed by atoms with van der Waals surface area (Å²) in [4.78, 5) is 14.2. The van der Waals surface area contributed by atoms with Crippen molar-refractivity contribution in [3.63, 3.8) is 0 Å². The molecule has 2 unspecified atom stereocenters. The molecule has 0 aliphatic carbocycles. The highest BCUT2D eigenvalue weighted by atomic mass is 16.5. The first-order valence-corrected chi connectivity index (χ1v) is 6.35. The minimum Gasteiger partial charge on any atom is -0.383 e. The molecule has 2 bridgehead atoms. The van der Waals surface area contributed by atoms with Crippen molar-refractivity contribution in [2.75, 3.05) is 27.3 Å². The van der Waals surface area contributed by atoms with Crippen molar-refractivity contribution in [1.82, 2.24) is 10.2 Å². The maximum atomic E-state index is 11.8. The minimum atomic E-state index is -0.517. The van der Waals surface area contributed by atoms with Crippen LogP contribution in [-0.2, 0) is 9.53 Å². The van der Waals surface area contributed by atoms with Crippen molar-refractivity contribution in [3.8, 4) is 0 Å². The highest BCUT2D eigenvalue weighted by Gasteiger charge is 2.49. The number of piperidine rings is 1. The summed E-state index contributed by atoms with van der Waals surface area (Å²) < 4.78 is 5.02. The number of carbonyl (C=O) groups is 1. The second kappa shape index (κ2) is 4.92. The van der Waals surface area contributed by atoms with Gasteiger partial charge < -0.3 is 20.7 Å². The number of carbonyl (C=O) groups excluding carboxylic acids is 1. The molecule has 2 rings (SSSR count).